The zero-order valence-electron chi connectivity index (χ0n) is 19.4. The molecule has 0 radical (unpaired) electrons. The predicted molar refractivity (Wildman–Crippen MR) is 131 cm³/mol. The third kappa shape index (κ3) is 5.45. The Labute approximate surface area is 194 Å². The summed E-state index contributed by atoms with van der Waals surface area (Å²) in [5.41, 5.74) is 2.36. The number of anilines is 1. The van der Waals surface area contributed by atoms with Crippen molar-refractivity contribution in [3.63, 3.8) is 0 Å². The molecule has 1 aliphatic heterocycles. The maximum Gasteiger partial charge on any atom is 0.407 e. The first-order valence-corrected chi connectivity index (χ1v) is 14.9. The number of phenols is 1. The number of benzene rings is 1. The Morgan fingerprint density at radius 1 is 1.03 bits per heavy atom. The van der Waals surface area contributed by atoms with Crippen molar-refractivity contribution in [2.75, 3.05) is 37.7 Å². The van der Waals surface area contributed by atoms with E-state index in [1.807, 2.05) is 28.8 Å². The number of phenolic OH excluding ortho intramolecular Hbond substituents is 1. The van der Waals surface area contributed by atoms with Crippen molar-refractivity contribution in [2.45, 2.75) is 32.4 Å². The molecule has 1 saturated heterocycles. The third-order valence-corrected chi connectivity index (χ3v) is 7.50. The number of ether oxygens (including phenoxy) is 1. The van der Waals surface area contributed by atoms with Gasteiger partial charge in [0.05, 0.1) is 0 Å². The molecule has 0 saturated carbocycles. The number of aromatic nitrogens is 3. The Morgan fingerprint density at radius 2 is 1.73 bits per heavy atom. The fourth-order valence-electron chi connectivity index (χ4n) is 3.78. The fourth-order valence-corrected chi connectivity index (χ4v) is 4.54. The number of aromatic hydroxyl groups is 1. The van der Waals surface area contributed by atoms with Crippen LogP contribution < -0.4 is 4.90 Å². The van der Waals surface area contributed by atoms with Gasteiger partial charge in [0.1, 0.15) is 29.6 Å². The standard InChI is InChI=1S/C23H31N5O4Si/c1-33(2,3)15-14-32-16-28-21(17-4-6-18(29)7-5-17)24-19-8-9-20(25-22(19)28)26-10-12-27(13-11-26)23(30)31/h4-9,29H,10-16H2,1-3H3,(H,30,31). The average molecular weight is 470 g/mol. The van der Waals surface area contributed by atoms with Crippen LogP contribution in [0.25, 0.3) is 22.6 Å². The minimum Gasteiger partial charge on any atom is -0.508 e. The number of piperazine rings is 1. The van der Waals surface area contributed by atoms with Crippen LogP contribution in [-0.4, -0.2) is 76.6 Å². The van der Waals surface area contributed by atoms with Gasteiger partial charge in [0.25, 0.3) is 0 Å². The molecule has 1 aromatic carbocycles. The summed E-state index contributed by atoms with van der Waals surface area (Å²) in [5.74, 6) is 1.74. The number of fused-ring (bicyclic) bond motifs is 1. The first kappa shape index (κ1) is 23.1. The van der Waals surface area contributed by atoms with Crippen molar-refractivity contribution < 1.29 is 19.7 Å². The zero-order chi connectivity index (χ0) is 23.6. The van der Waals surface area contributed by atoms with Crippen LogP contribution in [0.4, 0.5) is 10.6 Å². The molecule has 1 amide bonds. The normalized spacial score (nSPS) is 14.8. The summed E-state index contributed by atoms with van der Waals surface area (Å²) in [6, 6.07) is 11.9. The van der Waals surface area contributed by atoms with Gasteiger partial charge in [-0.05, 0) is 42.4 Å². The highest BCUT2D eigenvalue weighted by Crippen LogP contribution is 2.27. The van der Waals surface area contributed by atoms with Crippen molar-refractivity contribution >= 4 is 31.1 Å². The first-order chi connectivity index (χ1) is 15.7. The smallest absolute Gasteiger partial charge is 0.407 e. The maximum absolute atomic E-state index is 11.2. The first-order valence-electron chi connectivity index (χ1n) is 11.2. The SMILES string of the molecule is C[Si](C)(C)CCOCn1c(-c2ccc(O)cc2)nc2ccc(N3CCN(C(=O)O)CC3)nc21. The molecule has 3 aromatic rings. The molecule has 0 atom stereocenters. The molecule has 10 heteroatoms. The number of hydrogen-bond donors (Lipinski definition) is 2. The molecule has 33 heavy (non-hydrogen) atoms. The van der Waals surface area contributed by atoms with Crippen LogP contribution in [0.1, 0.15) is 0 Å². The molecule has 0 unspecified atom stereocenters. The molecule has 0 spiro atoms. The number of pyridine rings is 1. The highest BCUT2D eigenvalue weighted by molar-refractivity contribution is 6.76. The van der Waals surface area contributed by atoms with Gasteiger partial charge < -0.3 is 24.7 Å². The van der Waals surface area contributed by atoms with Crippen molar-refractivity contribution in [3.05, 3.63) is 36.4 Å². The Balaban J connectivity index is 1.64. The van der Waals surface area contributed by atoms with Crippen molar-refractivity contribution in [1.82, 2.24) is 19.4 Å². The number of hydrogen-bond acceptors (Lipinski definition) is 6. The number of amides is 1. The lowest BCUT2D eigenvalue weighted by Crippen LogP contribution is -2.48. The molecule has 0 aliphatic carbocycles. The molecule has 9 nitrogen and oxygen atoms in total. The van der Waals surface area contributed by atoms with E-state index in [2.05, 4.69) is 24.5 Å². The Bertz CT molecular complexity index is 1120. The van der Waals surface area contributed by atoms with Crippen LogP contribution >= 0.6 is 0 Å². The second kappa shape index (κ2) is 9.40. The molecule has 4 rings (SSSR count). The molecule has 1 fully saturated rings. The van der Waals surface area contributed by atoms with Crippen LogP contribution in [0, 0.1) is 0 Å². The van der Waals surface area contributed by atoms with Crippen molar-refractivity contribution in [2.24, 2.45) is 0 Å². The van der Waals surface area contributed by atoms with E-state index < -0.39 is 14.2 Å². The third-order valence-electron chi connectivity index (χ3n) is 5.79. The number of nitrogens with zero attached hydrogens (tertiary/aromatic N) is 5. The molecular formula is C23H31N5O4Si. The van der Waals surface area contributed by atoms with Gasteiger partial charge in [-0.25, -0.2) is 14.8 Å². The lowest BCUT2D eigenvalue weighted by atomic mass is 10.2. The van der Waals surface area contributed by atoms with Crippen LogP contribution in [0.5, 0.6) is 5.75 Å². The van der Waals surface area contributed by atoms with E-state index >= 15 is 0 Å². The zero-order valence-corrected chi connectivity index (χ0v) is 20.4. The summed E-state index contributed by atoms with van der Waals surface area (Å²) < 4.78 is 8.03. The lowest BCUT2D eigenvalue weighted by Gasteiger charge is -2.33. The molecule has 3 heterocycles. The average Bonchev–Trinajstić information content (AvgIpc) is 3.14. The topological polar surface area (TPSA) is 104 Å². The summed E-state index contributed by atoms with van der Waals surface area (Å²) in [6.07, 6.45) is -0.884. The van der Waals surface area contributed by atoms with Crippen LogP contribution in [-0.2, 0) is 11.5 Å². The summed E-state index contributed by atoms with van der Waals surface area (Å²) >= 11 is 0. The summed E-state index contributed by atoms with van der Waals surface area (Å²) in [7, 11) is -1.21. The van der Waals surface area contributed by atoms with Crippen molar-refractivity contribution in [3.8, 4) is 17.1 Å². The highest BCUT2D eigenvalue weighted by Gasteiger charge is 2.23. The van der Waals surface area contributed by atoms with Gasteiger partial charge in [0, 0.05) is 46.4 Å². The van der Waals surface area contributed by atoms with E-state index in [4.69, 9.17) is 14.7 Å². The lowest BCUT2D eigenvalue weighted by molar-refractivity contribution is 0.0906. The van der Waals surface area contributed by atoms with Crippen molar-refractivity contribution in [1.29, 1.82) is 0 Å². The molecule has 176 valence electrons. The van der Waals surface area contributed by atoms with Gasteiger partial charge in [-0.3, -0.25) is 4.57 Å². The van der Waals surface area contributed by atoms with Crippen LogP contribution in [0.15, 0.2) is 36.4 Å². The van der Waals surface area contributed by atoms with E-state index in [9.17, 15) is 15.0 Å². The van der Waals surface area contributed by atoms with E-state index in [-0.39, 0.29) is 5.75 Å². The molecular weight excluding hydrogens is 438 g/mol. The number of imidazole rings is 1. The number of carbonyl (C=O) groups is 1. The van der Waals surface area contributed by atoms with Crippen LogP contribution in [0.3, 0.4) is 0 Å². The number of carboxylic acid groups (broad SMARTS) is 1. The van der Waals surface area contributed by atoms with Gasteiger partial charge in [-0.1, -0.05) is 19.6 Å². The molecule has 2 aromatic heterocycles. The Kier molecular flexibility index (Phi) is 6.57. The minimum atomic E-state index is -1.21. The maximum atomic E-state index is 11.2. The quantitative estimate of drug-likeness (QED) is 0.399. The molecule has 2 N–H and O–H groups in total. The minimum absolute atomic E-state index is 0.203. The van der Waals surface area contributed by atoms with E-state index in [1.165, 1.54) is 4.90 Å². The van der Waals surface area contributed by atoms with E-state index in [0.29, 0.717) is 39.5 Å². The second-order valence-corrected chi connectivity index (χ2v) is 15.1. The Hall–Kier alpha value is -3.11. The van der Waals surface area contributed by atoms with E-state index in [0.717, 1.165) is 34.4 Å². The van der Waals surface area contributed by atoms with Gasteiger partial charge in [-0.2, -0.15) is 0 Å². The number of rotatable bonds is 7. The summed E-state index contributed by atoms with van der Waals surface area (Å²) in [6.45, 7) is 10.1. The molecule has 0 bridgehead atoms. The fraction of sp³-hybridized carbons (Fsp3) is 0.435. The highest BCUT2D eigenvalue weighted by atomic mass is 28.3. The summed E-state index contributed by atoms with van der Waals surface area (Å²) in [4.78, 5) is 24.4. The van der Waals surface area contributed by atoms with Gasteiger partial charge in [-0.15, -0.1) is 0 Å². The second-order valence-electron chi connectivity index (χ2n) is 9.53. The van der Waals surface area contributed by atoms with Gasteiger partial charge >= 0.3 is 6.09 Å². The molecule has 1 aliphatic rings. The monoisotopic (exact) mass is 469 g/mol. The van der Waals surface area contributed by atoms with Gasteiger partial charge in [0.2, 0.25) is 0 Å². The van der Waals surface area contributed by atoms with Crippen LogP contribution in [0.2, 0.25) is 25.7 Å². The largest absolute Gasteiger partial charge is 0.508 e. The predicted octanol–water partition coefficient (Wildman–Crippen LogP) is 3.92. The van der Waals surface area contributed by atoms with E-state index in [1.54, 1.807) is 12.1 Å². The van der Waals surface area contributed by atoms with Gasteiger partial charge in [0.15, 0.2) is 5.65 Å². The summed E-state index contributed by atoms with van der Waals surface area (Å²) in [5, 5.41) is 18.9. The Morgan fingerprint density at radius 3 is 2.36 bits per heavy atom.